The number of rotatable bonds is 10. The van der Waals surface area contributed by atoms with Crippen LogP contribution in [0.5, 0.6) is 0 Å². The summed E-state index contributed by atoms with van der Waals surface area (Å²) >= 11 is 0. The van der Waals surface area contributed by atoms with Gasteiger partial charge in [-0.05, 0) is 59.7 Å². The molecule has 1 heterocycles. The minimum absolute atomic E-state index is 0.139. The summed E-state index contributed by atoms with van der Waals surface area (Å²) in [6, 6.07) is 19.5. The number of pyridine rings is 1. The smallest absolute Gasteiger partial charge is 0.168 e. The molecule has 0 unspecified atom stereocenters. The van der Waals surface area contributed by atoms with Crippen LogP contribution >= 0.6 is 0 Å². The van der Waals surface area contributed by atoms with Gasteiger partial charge in [-0.3, -0.25) is 4.98 Å². The Morgan fingerprint density at radius 3 is 2.11 bits per heavy atom. The van der Waals surface area contributed by atoms with Gasteiger partial charge in [0.05, 0.1) is 5.69 Å². The van der Waals surface area contributed by atoms with Crippen molar-refractivity contribution < 1.29 is 13.2 Å². The molecule has 0 radical (unpaired) electrons. The standard InChI is InChI=1S/C33H32F3N/c1-3-5-6-8-24-12-18-28(30(34)21-24)26-14-9-23(10-15-26)11-16-27-17-19-29(33(36)32(27)35)31-20-13-25(7-4-2)22-37-31/h9-22H,3-8H2,1-2H3/b16-11+. The molecule has 0 spiro atoms. The van der Waals surface area contributed by atoms with Crippen LogP contribution in [-0.2, 0) is 12.8 Å². The van der Waals surface area contributed by atoms with Crippen LogP contribution in [0, 0.1) is 17.5 Å². The summed E-state index contributed by atoms with van der Waals surface area (Å²) in [5.41, 5.74) is 4.90. The lowest BCUT2D eigenvalue weighted by atomic mass is 9.99. The van der Waals surface area contributed by atoms with Crippen LogP contribution in [0.2, 0.25) is 0 Å². The summed E-state index contributed by atoms with van der Waals surface area (Å²) in [7, 11) is 0. The maximum absolute atomic E-state index is 14.8. The van der Waals surface area contributed by atoms with Gasteiger partial charge in [0.25, 0.3) is 0 Å². The van der Waals surface area contributed by atoms with Gasteiger partial charge in [0.15, 0.2) is 11.6 Å². The third-order valence-electron chi connectivity index (χ3n) is 6.53. The van der Waals surface area contributed by atoms with E-state index in [0.717, 1.165) is 60.8 Å². The summed E-state index contributed by atoms with van der Waals surface area (Å²) in [6.07, 6.45) is 11.1. The third kappa shape index (κ3) is 6.56. The molecule has 0 aliphatic rings. The quantitative estimate of drug-likeness (QED) is 0.156. The average molecular weight is 500 g/mol. The largest absolute Gasteiger partial charge is 0.256 e. The number of halogens is 3. The molecular formula is C33H32F3N. The topological polar surface area (TPSA) is 12.9 Å². The Labute approximate surface area is 217 Å². The molecule has 37 heavy (non-hydrogen) atoms. The van der Waals surface area contributed by atoms with Crippen molar-refractivity contribution in [2.75, 3.05) is 0 Å². The van der Waals surface area contributed by atoms with Gasteiger partial charge in [-0.25, -0.2) is 13.2 Å². The molecule has 4 heteroatoms. The second-order valence-electron chi connectivity index (χ2n) is 9.36. The van der Waals surface area contributed by atoms with E-state index >= 15 is 0 Å². The maximum atomic E-state index is 14.8. The lowest BCUT2D eigenvalue weighted by molar-refractivity contribution is 0.509. The van der Waals surface area contributed by atoms with Crippen molar-refractivity contribution in [3.63, 3.8) is 0 Å². The minimum atomic E-state index is -0.915. The number of hydrogen-bond acceptors (Lipinski definition) is 1. The van der Waals surface area contributed by atoms with Crippen LogP contribution in [-0.4, -0.2) is 4.98 Å². The number of unbranched alkanes of at least 4 members (excludes halogenated alkanes) is 2. The van der Waals surface area contributed by atoms with E-state index < -0.39 is 11.6 Å². The lowest BCUT2D eigenvalue weighted by Gasteiger charge is -2.08. The van der Waals surface area contributed by atoms with Crippen LogP contribution in [0.15, 0.2) is 72.9 Å². The van der Waals surface area contributed by atoms with Crippen molar-refractivity contribution in [1.29, 1.82) is 0 Å². The monoisotopic (exact) mass is 499 g/mol. The summed E-state index contributed by atoms with van der Waals surface area (Å²) in [5, 5.41) is 0. The molecule has 0 fully saturated rings. The van der Waals surface area contributed by atoms with Crippen molar-refractivity contribution in [3.05, 3.63) is 113 Å². The number of aryl methyl sites for hydroxylation is 2. The van der Waals surface area contributed by atoms with Gasteiger partial charge in [0.1, 0.15) is 5.82 Å². The van der Waals surface area contributed by atoms with E-state index in [1.807, 2.05) is 42.5 Å². The van der Waals surface area contributed by atoms with Crippen molar-refractivity contribution in [2.45, 2.75) is 52.4 Å². The zero-order valence-electron chi connectivity index (χ0n) is 21.4. The molecule has 0 aliphatic heterocycles. The van der Waals surface area contributed by atoms with Gasteiger partial charge in [0, 0.05) is 22.9 Å². The van der Waals surface area contributed by atoms with Gasteiger partial charge in [0.2, 0.25) is 0 Å². The first kappa shape index (κ1) is 26.4. The summed E-state index contributed by atoms with van der Waals surface area (Å²) < 4.78 is 44.4. The first-order valence-corrected chi connectivity index (χ1v) is 13.0. The van der Waals surface area contributed by atoms with Gasteiger partial charge in [-0.15, -0.1) is 0 Å². The molecule has 0 amide bonds. The number of hydrogen-bond donors (Lipinski definition) is 0. The van der Waals surface area contributed by atoms with E-state index in [0.29, 0.717) is 11.3 Å². The van der Waals surface area contributed by atoms with Crippen LogP contribution in [0.1, 0.15) is 61.8 Å². The third-order valence-corrected chi connectivity index (χ3v) is 6.53. The predicted molar refractivity (Wildman–Crippen MR) is 148 cm³/mol. The molecule has 4 rings (SSSR count). The molecule has 0 saturated carbocycles. The lowest BCUT2D eigenvalue weighted by Crippen LogP contribution is -1.95. The highest BCUT2D eigenvalue weighted by Gasteiger charge is 2.14. The second-order valence-corrected chi connectivity index (χ2v) is 9.36. The van der Waals surface area contributed by atoms with Crippen LogP contribution in [0.4, 0.5) is 13.2 Å². The van der Waals surface area contributed by atoms with Crippen LogP contribution in [0.25, 0.3) is 34.5 Å². The highest BCUT2D eigenvalue weighted by Crippen LogP contribution is 2.28. The van der Waals surface area contributed by atoms with E-state index in [9.17, 15) is 13.2 Å². The number of aromatic nitrogens is 1. The normalized spacial score (nSPS) is 11.4. The Bertz CT molecular complexity index is 1360. The van der Waals surface area contributed by atoms with Crippen molar-refractivity contribution in [3.8, 4) is 22.4 Å². The Hall–Kier alpha value is -3.66. The highest BCUT2D eigenvalue weighted by atomic mass is 19.2. The Balaban J connectivity index is 1.47. The molecule has 4 aromatic rings. The molecule has 0 bridgehead atoms. The van der Waals surface area contributed by atoms with Gasteiger partial charge in [-0.2, -0.15) is 0 Å². The Morgan fingerprint density at radius 2 is 1.43 bits per heavy atom. The highest BCUT2D eigenvalue weighted by molar-refractivity contribution is 5.74. The van der Waals surface area contributed by atoms with Gasteiger partial charge >= 0.3 is 0 Å². The van der Waals surface area contributed by atoms with Crippen molar-refractivity contribution >= 4 is 12.2 Å². The van der Waals surface area contributed by atoms with Gasteiger partial charge in [-0.1, -0.05) is 93.8 Å². The van der Waals surface area contributed by atoms with E-state index in [2.05, 4.69) is 18.8 Å². The number of nitrogens with zero attached hydrogens (tertiary/aromatic N) is 1. The van der Waals surface area contributed by atoms with Gasteiger partial charge < -0.3 is 0 Å². The van der Waals surface area contributed by atoms with E-state index in [-0.39, 0.29) is 16.9 Å². The Kier molecular flexibility index (Phi) is 8.95. The average Bonchev–Trinajstić information content (AvgIpc) is 2.91. The first-order valence-electron chi connectivity index (χ1n) is 13.0. The van der Waals surface area contributed by atoms with Crippen molar-refractivity contribution in [1.82, 2.24) is 4.98 Å². The molecule has 1 aromatic heterocycles. The number of benzene rings is 3. The van der Waals surface area contributed by atoms with Crippen LogP contribution in [0.3, 0.4) is 0 Å². The molecule has 190 valence electrons. The second kappa shape index (κ2) is 12.5. The summed E-state index contributed by atoms with van der Waals surface area (Å²) in [4.78, 5) is 4.30. The SMILES string of the molecule is CCCCCc1ccc(-c2ccc(/C=C/c3ccc(-c4ccc(CCC)cn4)c(F)c3F)cc2)c(F)c1. The zero-order chi connectivity index (χ0) is 26.2. The molecule has 0 N–H and O–H groups in total. The Morgan fingerprint density at radius 1 is 0.676 bits per heavy atom. The predicted octanol–water partition coefficient (Wildman–Crippen LogP) is 9.69. The molecule has 0 aliphatic carbocycles. The fourth-order valence-corrected chi connectivity index (χ4v) is 4.40. The summed E-state index contributed by atoms with van der Waals surface area (Å²) in [5.74, 6) is -2.06. The zero-order valence-corrected chi connectivity index (χ0v) is 21.4. The summed E-state index contributed by atoms with van der Waals surface area (Å²) in [6.45, 7) is 4.23. The minimum Gasteiger partial charge on any atom is -0.256 e. The van der Waals surface area contributed by atoms with Crippen LogP contribution < -0.4 is 0 Å². The maximum Gasteiger partial charge on any atom is 0.168 e. The molecule has 3 aromatic carbocycles. The van der Waals surface area contributed by atoms with E-state index in [1.54, 1.807) is 42.6 Å². The molecule has 1 nitrogen and oxygen atoms in total. The molecule has 0 atom stereocenters. The molecular weight excluding hydrogens is 467 g/mol. The first-order chi connectivity index (χ1) is 18.0. The molecule has 0 saturated heterocycles. The van der Waals surface area contributed by atoms with E-state index in [4.69, 9.17) is 0 Å². The fourth-order valence-electron chi connectivity index (χ4n) is 4.40. The van der Waals surface area contributed by atoms with E-state index in [1.165, 1.54) is 0 Å². The fraction of sp³-hybridized carbons (Fsp3) is 0.242. The van der Waals surface area contributed by atoms with Crippen molar-refractivity contribution in [2.24, 2.45) is 0 Å².